The minimum Gasteiger partial charge on any atom is -0.316 e. The normalized spacial score (nSPS) is 23.4. The number of nitrogens with zero attached hydrogens (tertiary/aromatic N) is 2. The minimum atomic E-state index is 0.186. The summed E-state index contributed by atoms with van der Waals surface area (Å²) in [6, 6.07) is 1.38. The molecule has 1 heterocycles. The quantitative estimate of drug-likeness (QED) is 0.691. The van der Waals surface area contributed by atoms with Crippen LogP contribution in [-0.4, -0.2) is 48.2 Å². The average Bonchev–Trinajstić information content (AvgIpc) is 2.16. The highest BCUT2D eigenvalue weighted by atomic mass is 15.2. The number of nitrogens with two attached hydrogens (primary N) is 1. The van der Waals surface area contributed by atoms with Gasteiger partial charge in [0.1, 0.15) is 0 Å². The number of piperidine rings is 1. The van der Waals surface area contributed by atoms with Gasteiger partial charge < -0.3 is 10.6 Å². The first-order valence-electron chi connectivity index (χ1n) is 5.74. The second kappa shape index (κ2) is 5.10. The zero-order valence-corrected chi connectivity index (χ0v) is 10.0. The first-order valence-corrected chi connectivity index (χ1v) is 5.74. The molecule has 0 amide bonds. The molecule has 0 aromatic rings. The van der Waals surface area contributed by atoms with E-state index in [0.29, 0.717) is 12.1 Å². The number of likely N-dealkylation sites (tertiary alicyclic amines) is 1. The van der Waals surface area contributed by atoms with Crippen molar-refractivity contribution in [3.05, 3.63) is 0 Å². The van der Waals surface area contributed by atoms with Gasteiger partial charge in [-0.1, -0.05) is 0 Å². The standard InChI is InChI=1S/C11H25N3/c1-9(2)14-7-5-11(6-8-14)13(4)10(3)12/h9-11H,5-8,12H2,1-4H3. The topological polar surface area (TPSA) is 32.5 Å². The summed E-state index contributed by atoms with van der Waals surface area (Å²) in [7, 11) is 2.14. The van der Waals surface area contributed by atoms with Gasteiger partial charge in [-0.05, 0) is 53.8 Å². The van der Waals surface area contributed by atoms with Crippen LogP contribution in [0.25, 0.3) is 0 Å². The van der Waals surface area contributed by atoms with Crippen molar-refractivity contribution >= 4 is 0 Å². The maximum absolute atomic E-state index is 5.87. The van der Waals surface area contributed by atoms with Crippen molar-refractivity contribution in [2.75, 3.05) is 20.1 Å². The van der Waals surface area contributed by atoms with Gasteiger partial charge in [-0.3, -0.25) is 4.90 Å². The lowest BCUT2D eigenvalue weighted by Gasteiger charge is -2.39. The summed E-state index contributed by atoms with van der Waals surface area (Å²) in [5, 5.41) is 0. The average molecular weight is 199 g/mol. The van der Waals surface area contributed by atoms with Gasteiger partial charge in [-0.15, -0.1) is 0 Å². The Morgan fingerprint density at radius 1 is 1.21 bits per heavy atom. The SMILES string of the molecule is CC(C)N1CCC(N(C)C(C)N)CC1. The molecule has 3 nitrogen and oxygen atoms in total. The van der Waals surface area contributed by atoms with Crippen LogP contribution in [0.15, 0.2) is 0 Å². The molecule has 1 fully saturated rings. The van der Waals surface area contributed by atoms with E-state index < -0.39 is 0 Å². The predicted octanol–water partition coefficient (Wildman–Crippen LogP) is 1.10. The molecule has 0 aromatic carbocycles. The van der Waals surface area contributed by atoms with Crippen molar-refractivity contribution in [1.29, 1.82) is 0 Å². The Kier molecular flexibility index (Phi) is 4.35. The molecule has 1 saturated heterocycles. The molecule has 0 saturated carbocycles. The third-order valence-corrected chi connectivity index (χ3v) is 3.45. The van der Waals surface area contributed by atoms with Crippen LogP contribution >= 0.6 is 0 Å². The first kappa shape index (κ1) is 12.0. The molecule has 2 N–H and O–H groups in total. The summed E-state index contributed by atoms with van der Waals surface area (Å²) in [5.74, 6) is 0. The molecular formula is C11H25N3. The molecule has 3 heteroatoms. The molecule has 0 aromatic heterocycles. The maximum atomic E-state index is 5.87. The monoisotopic (exact) mass is 199 g/mol. The smallest absolute Gasteiger partial charge is 0.0542 e. The van der Waals surface area contributed by atoms with Crippen LogP contribution < -0.4 is 5.73 Å². The third kappa shape index (κ3) is 2.94. The van der Waals surface area contributed by atoms with Crippen molar-refractivity contribution in [1.82, 2.24) is 9.80 Å². The van der Waals surface area contributed by atoms with Crippen LogP contribution in [0.2, 0.25) is 0 Å². The van der Waals surface area contributed by atoms with Crippen LogP contribution in [0.4, 0.5) is 0 Å². The Balaban J connectivity index is 2.35. The molecule has 0 spiro atoms. The fourth-order valence-electron chi connectivity index (χ4n) is 2.14. The molecule has 1 rings (SSSR count). The van der Waals surface area contributed by atoms with Crippen molar-refractivity contribution in [2.45, 2.75) is 51.9 Å². The molecule has 0 aliphatic carbocycles. The van der Waals surface area contributed by atoms with Crippen LogP contribution in [0.5, 0.6) is 0 Å². The van der Waals surface area contributed by atoms with E-state index in [-0.39, 0.29) is 6.17 Å². The number of hydrogen-bond acceptors (Lipinski definition) is 3. The minimum absolute atomic E-state index is 0.186. The van der Waals surface area contributed by atoms with Gasteiger partial charge in [0.05, 0.1) is 6.17 Å². The highest BCUT2D eigenvalue weighted by Gasteiger charge is 2.24. The fraction of sp³-hybridized carbons (Fsp3) is 1.00. The lowest BCUT2D eigenvalue weighted by atomic mass is 10.0. The predicted molar refractivity (Wildman–Crippen MR) is 61.1 cm³/mol. The molecule has 1 atom stereocenters. The Labute approximate surface area is 88.2 Å². The Morgan fingerprint density at radius 2 is 1.71 bits per heavy atom. The highest BCUT2D eigenvalue weighted by Crippen LogP contribution is 2.17. The van der Waals surface area contributed by atoms with Gasteiger partial charge in [-0.25, -0.2) is 0 Å². The van der Waals surface area contributed by atoms with Crippen molar-refractivity contribution in [3.8, 4) is 0 Å². The van der Waals surface area contributed by atoms with E-state index in [1.165, 1.54) is 25.9 Å². The zero-order chi connectivity index (χ0) is 10.7. The van der Waals surface area contributed by atoms with E-state index in [1.807, 2.05) is 0 Å². The summed E-state index contributed by atoms with van der Waals surface area (Å²) in [6.45, 7) is 9.05. The Morgan fingerprint density at radius 3 is 2.07 bits per heavy atom. The summed E-state index contributed by atoms with van der Waals surface area (Å²) in [4.78, 5) is 4.85. The lowest BCUT2D eigenvalue weighted by Crippen LogP contribution is -2.50. The highest BCUT2D eigenvalue weighted by molar-refractivity contribution is 4.80. The van der Waals surface area contributed by atoms with Crippen LogP contribution in [-0.2, 0) is 0 Å². The van der Waals surface area contributed by atoms with Gasteiger partial charge in [0.25, 0.3) is 0 Å². The Hall–Kier alpha value is -0.120. The second-order valence-electron chi connectivity index (χ2n) is 4.77. The third-order valence-electron chi connectivity index (χ3n) is 3.45. The van der Waals surface area contributed by atoms with Crippen molar-refractivity contribution in [2.24, 2.45) is 5.73 Å². The van der Waals surface area contributed by atoms with E-state index in [0.717, 1.165) is 0 Å². The van der Waals surface area contributed by atoms with Crippen molar-refractivity contribution < 1.29 is 0 Å². The van der Waals surface area contributed by atoms with E-state index in [1.54, 1.807) is 0 Å². The van der Waals surface area contributed by atoms with Crippen LogP contribution in [0, 0.1) is 0 Å². The lowest BCUT2D eigenvalue weighted by molar-refractivity contribution is 0.0885. The Bertz CT molecular complexity index is 160. The fourth-order valence-corrected chi connectivity index (χ4v) is 2.14. The summed E-state index contributed by atoms with van der Waals surface area (Å²) in [6.07, 6.45) is 2.71. The first-order chi connectivity index (χ1) is 6.52. The molecule has 14 heavy (non-hydrogen) atoms. The molecule has 1 unspecified atom stereocenters. The summed E-state index contributed by atoms with van der Waals surface area (Å²) < 4.78 is 0. The second-order valence-corrected chi connectivity index (χ2v) is 4.77. The van der Waals surface area contributed by atoms with Crippen molar-refractivity contribution in [3.63, 3.8) is 0 Å². The maximum Gasteiger partial charge on any atom is 0.0542 e. The van der Waals surface area contributed by atoms with Gasteiger partial charge in [0, 0.05) is 12.1 Å². The van der Waals surface area contributed by atoms with E-state index >= 15 is 0 Å². The molecule has 0 radical (unpaired) electrons. The van der Waals surface area contributed by atoms with Gasteiger partial charge in [-0.2, -0.15) is 0 Å². The van der Waals surface area contributed by atoms with E-state index in [9.17, 15) is 0 Å². The van der Waals surface area contributed by atoms with Crippen LogP contribution in [0.3, 0.4) is 0 Å². The molecule has 1 aliphatic heterocycles. The van der Waals surface area contributed by atoms with Crippen LogP contribution in [0.1, 0.15) is 33.6 Å². The molecule has 84 valence electrons. The zero-order valence-electron chi connectivity index (χ0n) is 10.0. The summed E-state index contributed by atoms with van der Waals surface area (Å²) >= 11 is 0. The van der Waals surface area contributed by atoms with Gasteiger partial charge in [0.2, 0.25) is 0 Å². The number of rotatable bonds is 3. The largest absolute Gasteiger partial charge is 0.316 e. The van der Waals surface area contributed by atoms with E-state index in [4.69, 9.17) is 5.73 Å². The van der Waals surface area contributed by atoms with Gasteiger partial charge in [0.15, 0.2) is 0 Å². The van der Waals surface area contributed by atoms with Gasteiger partial charge >= 0.3 is 0 Å². The molecule has 0 bridgehead atoms. The molecule has 1 aliphatic rings. The number of hydrogen-bond donors (Lipinski definition) is 1. The molecular weight excluding hydrogens is 174 g/mol. The van der Waals surface area contributed by atoms with E-state index in [2.05, 4.69) is 37.6 Å². The summed E-state index contributed by atoms with van der Waals surface area (Å²) in [5.41, 5.74) is 5.87.